The molecule has 0 fully saturated rings. The van der Waals surface area contributed by atoms with Crippen molar-refractivity contribution in [3.05, 3.63) is 63.7 Å². The van der Waals surface area contributed by atoms with Crippen LogP contribution < -0.4 is 5.32 Å². The quantitative estimate of drug-likeness (QED) is 0.737. The van der Waals surface area contributed by atoms with E-state index in [4.69, 9.17) is 11.6 Å². The average molecular weight is 372 g/mol. The van der Waals surface area contributed by atoms with Crippen molar-refractivity contribution < 1.29 is 4.79 Å². The van der Waals surface area contributed by atoms with Crippen LogP contribution in [0, 0.1) is 20.8 Å². The lowest BCUT2D eigenvalue weighted by atomic mass is 10.1. The van der Waals surface area contributed by atoms with Gasteiger partial charge in [0.25, 0.3) is 5.91 Å². The maximum atomic E-state index is 12.5. The fourth-order valence-electron chi connectivity index (χ4n) is 2.85. The second kappa shape index (κ2) is 7.33. The summed E-state index contributed by atoms with van der Waals surface area (Å²) in [6.07, 6.45) is 1.68. The zero-order valence-electron chi connectivity index (χ0n) is 15.4. The highest BCUT2D eigenvalue weighted by atomic mass is 35.5. The number of aryl methyl sites for hydroxylation is 2. The van der Waals surface area contributed by atoms with Crippen molar-refractivity contribution in [2.24, 2.45) is 0 Å². The van der Waals surface area contributed by atoms with Crippen molar-refractivity contribution in [1.29, 1.82) is 0 Å². The number of aromatic nitrogens is 4. The average Bonchev–Trinajstić information content (AvgIpc) is 3.10. The number of carbonyl (C=O) groups excluding carboxylic acids is 1. The van der Waals surface area contributed by atoms with E-state index in [0.29, 0.717) is 17.1 Å². The van der Waals surface area contributed by atoms with Crippen molar-refractivity contribution in [3.8, 4) is 0 Å². The third-order valence-corrected chi connectivity index (χ3v) is 5.04. The number of rotatable bonds is 5. The van der Waals surface area contributed by atoms with Crippen molar-refractivity contribution in [3.63, 3.8) is 0 Å². The van der Waals surface area contributed by atoms with Crippen LogP contribution in [0.2, 0.25) is 5.02 Å². The first-order valence-electron chi connectivity index (χ1n) is 8.53. The molecule has 0 atom stereocenters. The molecule has 0 aliphatic carbocycles. The second-order valence-corrected chi connectivity index (χ2v) is 6.63. The summed E-state index contributed by atoms with van der Waals surface area (Å²) in [5.74, 6) is -0.149. The first kappa shape index (κ1) is 18.2. The summed E-state index contributed by atoms with van der Waals surface area (Å²) in [6, 6.07) is 7.50. The van der Waals surface area contributed by atoms with E-state index in [2.05, 4.69) is 15.5 Å². The number of hydrogen-bond acceptors (Lipinski definition) is 3. The molecular weight excluding hydrogens is 350 g/mol. The van der Waals surface area contributed by atoms with Crippen LogP contribution in [-0.4, -0.2) is 25.5 Å². The molecule has 1 aromatic carbocycles. The number of nitrogens with zero attached hydrogens (tertiary/aromatic N) is 4. The largest absolute Gasteiger partial charge is 0.319 e. The number of carbonyl (C=O) groups is 1. The van der Waals surface area contributed by atoms with Gasteiger partial charge in [-0.3, -0.25) is 14.2 Å². The van der Waals surface area contributed by atoms with Gasteiger partial charge in [-0.1, -0.05) is 23.7 Å². The van der Waals surface area contributed by atoms with Crippen LogP contribution in [-0.2, 0) is 13.1 Å². The summed E-state index contributed by atoms with van der Waals surface area (Å²) in [6.45, 7) is 9.18. The number of anilines is 1. The van der Waals surface area contributed by atoms with E-state index in [0.717, 1.165) is 34.9 Å². The zero-order valence-corrected chi connectivity index (χ0v) is 16.1. The van der Waals surface area contributed by atoms with Gasteiger partial charge in [0.2, 0.25) is 0 Å². The standard InChI is InChI=1S/C19H22ClN5O/c1-5-24-13(3)17(10-21-24)22-19(26)16-8-6-15(7-9-16)11-25-14(4)18(20)12(2)23-25/h6-10H,5,11H2,1-4H3,(H,22,26). The summed E-state index contributed by atoms with van der Waals surface area (Å²) < 4.78 is 3.72. The van der Waals surface area contributed by atoms with Crippen molar-refractivity contribution in [2.75, 3.05) is 5.32 Å². The third kappa shape index (κ3) is 3.51. The summed E-state index contributed by atoms with van der Waals surface area (Å²) in [4.78, 5) is 12.5. The molecule has 0 aliphatic heterocycles. The Labute approximate surface area is 157 Å². The van der Waals surface area contributed by atoms with Crippen molar-refractivity contribution in [2.45, 2.75) is 40.8 Å². The minimum absolute atomic E-state index is 0.149. The molecule has 0 saturated carbocycles. The Balaban J connectivity index is 1.71. The molecule has 2 aromatic heterocycles. The van der Waals surface area contributed by atoms with E-state index in [9.17, 15) is 4.79 Å². The fourth-order valence-corrected chi connectivity index (χ4v) is 2.98. The van der Waals surface area contributed by atoms with Gasteiger partial charge in [-0.25, -0.2) is 0 Å². The number of hydrogen-bond donors (Lipinski definition) is 1. The lowest BCUT2D eigenvalue weighted by Crippen LogP contribution is -2.13. The van der Waals surface area contributed by atoms with Crippen LogP contribution in [0.3, 0.4) is 0 Å². The predicted octanol–water partition coefficient (Wildman–Crippen LogP) is 3.98. The minimum atomic E-state index is -0.149. The number of benzene rings is 1. The maximum Gasteiger partial charge on any atom is 0.255 e. The predicted molar refractivity (Wildman–Crippen MR) is 103 cm³/mol. The van der Waals surface area contributed by atoms with E-state index < -0.39 is 0 Å². The highest BCUT2D eigenvalue weighted by molar-refractivity contribution is 6.31. The van der Waals surface area contributed by atoms with Gasteiger partial charge in [0.05, 0.1) is 40.5 Å². The van der Waals surface area contributed by atoms with Gasteiger partial charge in [0.1, 0.15) is 0 Å². The second-order valence-electron chi connectivity index (χ2n) is 6.25. The molecule has 26 heavy (non-hydrogen) atoms. The molecule has 0 bridgehead atoms. The highest BCUT2D eigenvalue weighted by Crippen LogP contribution is 2.20. The van der Waals surface area contributed by atoms with Gasteiger partial charge in [0, 0.05) is 12.1 Å². The van der Waals surface area contributed by atoms with Crippen LogP contribution >= 0.6 is 11.6 Å². The van der Waals surface area contributed by atoms with Gasteiger partial charge in [-0.2, -0.15) is 10.2 Å². The smallest absolute Gasteiger partial charge is 0.255 e. The lowest BCUT2D eigenvalue weighted by molar-refractivity contribution is 0.102. The monoisotopic (exact) mass is 371 g/mol. The normalized spacial score (nSPS) is 11.0. The Bertz CT molecular complexity index is 940. The highest BCUT2D eigenvalue weighted by Gasteiger charge is 2.12. The Morgan fingerprint density at radius 2 is 1.81 bits per heavy atom. The molecule has 1 amide bonds. The van der Waals surface area contributed by atoms with Crippen LogP contribution in [0.15, 0.2) is 30.5 Å². The molecule has 0 saturated heterocycles. The molecule has 3 rings (SSSR count). The van der Waals surface area contributed by atoms with E-state index in [1.807, 2.05) is 61.3 Å². The number of amides is 1. The van der Waals surface area contributed by atoms with E-state index in [1.54, 1.807) is 6.20 Å². The van der Waals surface area contributed by atoms with E-state index in [1.165, 1.54) is 0 Å². The SMILES string of the molecule is CCn1ncc(NC(=O)c2ccc(Cn3nc(C)c(Cl)c3C)cc2)c1C. The Morgan fingerprint density at radius 1 is 1.12 bits per heavy atom. The molecule has 0 aliphatic rings. The Morgan fingerprint density at radius 3 is 2.35 bits per heavy atom. The maximum absolute atomic E-state index is 12.5. The van der Waals surface area contributed by atoms with Crippen LogP contribution in [0.25, 0.3) is 0 Å². The van der Waals surface area contributed by atoms with Crippen LogP contribution in [0.5, 0.6) is 0 Å². The summed E-state index contributed by atoms with van der Waals surface area (Å²) >= 11 is 6.19. The van der Waals surface area contributed by atoms with Crippen molar-refractivity contribution >= 4 is 23.2 Å². The van der Waals surface area contributed by atoms with Gasteiger partial charge >= 0.3 is 0 Å². The van der Waals surface area contributed by atoms with Gasteiger partial charge in [-0.05, 0) is 45.4 Å². The fraction of sp³-hybridized carbons (Fsp3) is 0.316. The Hall–Kier alpha value is -2.60. The molecule has 1 N–H and O–H groups in total. The molecule has 0 unspecified atom stereocenters. The van der Waals surface area contributed by atoms with E-state index >= 15 is 0 Å². The van der Waals surface area contributed by atoms with Crippen LogP contribution in [0.1, 0.15) is 39.9 Å². The molecule has 2 heterocycles. The third-order valence-electron chi connectivity index (χ3n) is 4.49. The van der Waals surface area contributed by atoms with Crippen LogP contribution in [0.4, 0.5) is 5.69 Å². The number of halogens is 1. The molecule has 0 spiro atoms. The van der Waals surface area contributed by atoms with E-state index in [-0.39, 0.29) is 5.91 Å². The molecule has 6 nitrogen and oxygen atoms in total. The lowest BCUT2D eigenvalue weighted by Gasteiger charge is -2.08. The van der Waals surface area contributed by atoms with Crippen molar-refractivity contribution in [1.82, 2.24) is 19.6 Å². The topological polar surface area (TPSA) is 64.7 Å². The minimum Gasteiger partial charge on any atom is -0.319 e. The summed E-state index contributed by atoms with van der Waals surface area (Å²) in [5.41, 5.74) is 5.09. The number of nitrogens with one attached hydrogen (secondary N) is 1. The summed E-state index contributed by atoms with van der Waals surface area (Å²) in [5, 5.41) is 12.3. The Kier molecular flexibility index (Phi) is 5.13. The van der Waals surface area contributed by atoms with Gasteiger partial charge in [0.15, 0.2) is 0 Å². The molecule has 3 aromatic rings. The summed E-state index contributed by atoms with van der Waals surface area (Å²) in [7, 11) is 0. The first-order chi connectivity index (χ1) is 12.4. The van der Waals surface area contributed by atoms with Gasteiger partial charge < -0.3 is 5.32 Å². The molecule has 0 radical (unpaired) electrons. The van der Waals surface area contributed by atoms with Gasteiger partial charge in [-0.15, -0.1) is 0 Å². The molecule has 136 valence electrons. The first-order valence-corrected chi connectivity index (χ1v) is 8.90. The molecule has 7 heteroatoms. The molecular formula is C19H22ClN5O. The zero-order chi connectivity index (χ0) is 18.8.